The lowest BCUT2D eigenvalue weighted by Crippen LogP contribution is -2.48. The van der Waals surface area contributed by atoms with Crippen LogP contribution in [0.3, 0.4) is 0 Å². The Kier molecular flexibility index (Phi) is 9.23. The van der Waals surface area contributed by atoms with Crippen molar-refractivity contribution in [1.29, 1.82) is 0 Å². The Morgan fingerprint density at radius 3 is 2.61 bits per heavy atom. The summed E-state index contributed by atoms with van der Waals surface area (Å²) in [5.74, 6) is 0.885. The molecule has 0 aromatic heterocycles. The molecule has 0 N–H and O–H groups in total. The molecule has 1 fully saturated rings. The Bertz CT molecular complexity index is 771. The van der Waals surface area contributed by atoms with Gasteiger partial charge in [-0.2, -0.15) is 0 Å². The van der Waals surface area contributed by atoms with E-state index in [-0.39, 0.29) is 5.91 Å². The van der Waals surface area contributed by atoms with E-state index in [0.29, 0.717) is 58.6 Å². The van der Waals surface area contributed by atoms with E-state index >= 15 is 0 Å². The maximum atomic E-state index is 12.9. The van der Waals surface area contributed by atoms with Crippen LogP contribution in [0.4, 0.5) is 11.4 Å². The zero-order valence-corrected chi connectivity index (χ0v) is 18.1. The predicted octanol–water partition coefficient (Wildman–Crippen LogP) is 2.76. The second-order valence-corrected chi connectivity index (χ2v) is 7.39. The predicted molar refractivity (Wildman–Crippen MR) is 117 cm³/mol. The summed E-state index contributed by atoms with van der Waals surface area (Å²) < 4.78 is 21.6. The molecule has 0 saturated carbocycles. The molecule has 10 nitrogen and oxygen atoms in total. The van der Waals surface area contributed by atoms with Crippen LogP contribution in [0.2, 0.25) is 0 Å². The standard InChI is InChI=1S/C21H31N5O5/c1-28-18-4-5-19-20(15-18)25-8-2-3-17(25)16-26(19)21(27)6-9-29-11-13-31-14-12-30-10-7-23-24-22/h4-5,15,17H,2-3,6-14,16H2,1H3. The van der Waals surface area contributed by atoms with Crippen LogP contribution in [0.15, 0.2) is 23.3 Å². The summed E-state index contributed by atoms with van der Waals surface area (Å²) in [5, 5.41) is 3.38. The van der Waals surface area contributed by atoms with Crippen LogP contribution in [0.5, 0.6) is 5.75 Å². The highest BCUT2D eigenvalue weighted by Gasteiger charge is 2.36. The molecule has 1 amide bonds. The van der Waals surface area contributed by atoms with Gasteiger partial charge in [0.25, 0.3) is 0 Å². The molecule has 0 aliphatic carbocycles. The number of nitrogens with zero attached hydrogens (tertiary/aromatic N) is 5. The number of azide groups is 1. The zero-order chi connectivity index (χ0) is 21.9. The molecule has 2 aliphatic rings. The molecule has 0 spiro atoms. The van der Waals surface area contributed by atoms with Gasteiger partial charge >= 0.3 is 0 Å². The van der Waals surface area contributed by atoms with Crippen LogP contribution in [-0.2, 0) is 19.0 Å². The van der Waals surface area contributed by atoms with Gasteiger partial charge in [-0.15, -0.1) is 0 Å². The number of rotatable bonds is 13. The maximum Gasteiger partial charge on any atom is 0.229 e. The van der Waals surface area contributed by atoms with Gasteiger partial charge in [0.05, 0.1) is 64.5 Å². The number of methoxy groups -OCH3 is 1. The van der Waals surface area contributed by atoms with Gasteiger partial charge in [-0.25, -0.2) is 0 Å². The largest absolute Gasteiger partial charge is 0.497 e. The lowest BCUT2D eigenvalue weighted by Gasteiger charge is -2.40. The van der Waals surface area contributed by atoms with Crippen molar-refractivity contribution < 1.29 is 23.7 Å². The summed E-state index contributed by atoms with van der Waals surface area (Å²) in [7, 11) is 1.66. The molecule has 1 unspecified atom stereocenters. The van der Waals surface area contributed by atoms with E-state index in [1.54, 1.807) is 7.11 Å². The number of hydrogen-bond donors (Lipinski definition) is 0. The van der Waals surface area contributed by atoms with Crippen LogP contribution in [0.1, 0.15) is 19.3 Å². The number of carbonyl (C=O) groups excluding carboxylic acids is 1. The van der Waals surface area contributed by atoms with E-state index in [9.17, 15) is 4.79 Å². The Hall–Kier alpha value is -2.52. The first kappa shape index (κ1) is 23.1. The van der Waals surface area contributed by atoms with Gasteiger partial charge in [-0.3, -0.25) is 4.79 Å². The molecule has 31 heavy (non-hydrogen) atoms. The van der Waals surface area contributed by atoms with Crippen LogP contribution in [-0.4, -0.2) is 78.3 Å². The Morgan fingerprint density at radius 1 is 1.13 bits per heavy atom. The molecule has 1 saturated heterocycles. The average Bonchev–Trinajstić information content (AvgIpc) is 3.27. The molecule has 2 aliphatic heterocycles. The third kappa shape index (κ3) is 6.48. The van der Waals surface area contributed by atoms with Crippen LogP contribution in [0.25, 0.3) is 10.4 Å². The number of carbonyl (C=O) groups is 1. The van der Waals surface area contributed by atoms with Gasteiger partial charge < -0.3 is 28.7 Å². The van der Waals surface area contributed by atoms with Gasteiger partial charge in [0.2, 0.25) is 5.91 Å². The van der Waals surface area contributed by atoms with Gasteiger partial charge in [-0.1, -0.05) is 5.11 Å². The highest BCUT2D eigenvalue weighted by atomic mass is 16.5. The van der Waals surface area contributed by atoms with Crippen LogP contribution < -0.4 is 14.5 Å². The number of amides is 1. The van der Waals surface area contributed by atoms with Crippen molar-refractivity contribution in [2.24, 2.45) is 5.11 Å². The minimum absolute atomic E-state index is 0.0762. The van der Waals surface area contributed by atoms with Crippen molar-refractivity contribution in [3.8, 4) is 5.75 Å². The van der Waals surface area contributed by atoms with E-state index in [2.05, 4.69) is 14.9 Å². The lowest BCUT2D eigenvalue weighted by atomic mass is 10.1. The molecule has 0 radical (unpaired) electrons. The van der Waals surface area contributed by atoms with Gasteiger partial charge in [-0.05, 0) is 30.5 Å². The van der Waals surface area contributed by atoms with E-state index < -0.39 is 0 Å². The Labute approximate surface area is 182 Å². The number of benzene rings is 1. The summed E-state index contributed by atoms with van der Waals surface area (Å²) in [6.45, 7) is 4.57. The van der Waals surface area contributed by atoms with Crippen molar-refractivity contribution in [3.63, 3.8) is 0 Å². The fraction of sp³-hybridized carbons (Fsp3) is 0.667. The minimum Gasteiger partial charge on any atom is -0.497 e. The number of anilines is 2. The topological polar surface area (TPSA) is 109 Å². The highest BCUT2D eigenvalue weighted by Crippen LogP contribution is 2.41. The average molecular weight is 434 g/mol. The molecular weight excluding hydrogens is 402 g/mol. The van der Waals surface area contributed by atoms with Crippen LogP contribution >= 0.6 is 0 Å². The fourth-order valence-electron chi connectivity index (χ4n) is 3.96. The van der Waals surface area contributed by atoms with Crippen molar-refractivity contribution in [2.75, 3.05) is 76.2 Å². The molecule has 0 bridgehead atoms. The van der Waals surface area contributed by atoms with Crippen molar-refractivity contribution >= 4 is 17.3 Å². The smallest absolute Gasteiger partial charge is 0.229 e. The summed E-state index contributed by atoms with van der Waals surface area (Å²) in [6, 6.07) is 6.28. The number of fused-ring (bicyclic) bond motifs is 3. The molecule has 10 heteroatoms. The first-order valence-electron chi connectivity index (χ1n) is 10.7. The van der Waals surface area contributed by atoms with Crippen LogP contribution in [0, 0.1) is 0 Å². The lowest BCUT2D eigenvalue weighted by molar-refractivity contribution is -0.119. The SMILES string of the molecule is COc1ccc2c(c1)N1CCCC1CN2C(=O)CCOCCOCCOCCN=[N+]=[N-]. The van der Waals surface area contributed by atoms with E-state index in [1.807, 2.05) is 23.1 Å². The first-order chi connectivity index (χ1) is 15.2. The van der Waals surface area contributed by atoms with Gasteiger partial charge in [0.1, 0.15) is 5.75 Å². The third-order valence-corrected chi connectivity index (χ3v) is 5.46. The summed E-state index contributed by atoms with van der Waals surface area (Å²) in [5.41, 5.74) is 10.2. The molecule has 2 heterocycles. The first-order valence-corrected chi connectivity index (χ1v) is 10.7. The van der Waals surface area contributed by atoms with Crippen molar-refractivity contribution in [3.05, 3.63) is 28.6 Å². The molecule has 1 aromatic carbocycles. The monoisotopic (exact) mass is 433 g/mol. The molecule has 3 rings (SSSR count). The molecule has 170 valence electrons. The molecule has 1 aromatic rings. The van der Waals surface area contributed by atoms with Crippen molar-refractivity contribution in [2.45, 2.75) is 25.3 Å². The Balaban J connectivity index is 1.36. The molecular formula is C21H31N5O5. The van der Waals surface area contributed by atoms with Gasteiger partial charge in [0.15, 0.2) is 0 Å². The Morgan fingerprint density at radius 2 is 1.87 bits per heavy atom. The minimum atomic E-state index is 0.0762. The van der Waals surface area contributed by atoms with E-state index in [0.717, 1.165) is 43.1 Å². The summed E-state index contributed by atoms with van der Waals surface area (Å²) >= 11 is 0. The second kappa shape index (κ2) is 12.4. The number of ether oxygens (including phenoxy) is 4. The zero-order valence-electron chi connectivity index (χ0n) is 18.1. The van der Waals surface area contributed by atoms with E-state index in [4.69, 9.17) is 24.5 Å². The quantitative estimate of drug-likeness (QED) is 0.205. The van der Waals surface area contributed by atoms with Gasteiger partial charge in [0, 0.05) is 36.7 Å². The normalized spacial score (nSPS) is 17.1. The fourth-order valence-corrected chi connectivity index (χ4v) is 3.96. The van der Waals surface area contributed by atoms with E-state index in [1.165, 1.54) is 0 Å². The number of hydrogen-bond acceptors (Lipinski definition) is 7. The maximum absolute atomic E-state index is 12.9. The summed E-state index contributed by atoms with van der Waals surface area (Å²) in [6.07, 6.45) is 2.58. The second-order valence-electron chi connectivity index (χ2n) is 7.39. The third-order valence-electron chi connectivity index (χ3n) is 5.46. The van der Waals surface area contributed by atoms with Crippen molar-refractivity contribution in [1.82, 2.24) is 0 Å². The molecule has 1 atom stereocenters. The summed E-state index contributed by atoms with van der Waals surface area (Å²) in [4.78, 5) is 19.8. The highest BCUT2D eigenvalue weighted by molar-refractivity contribution is 5.98.